The van der Waals surface area contributed by atoms with Gasteiger partial charge in [-0.2, -0.15) is 8.42 Å². The minimum absolute atomic E-state index is 0.0571. The number of nitrogens with zero attached hydrogens (tertiary/aromatic N) is 3. The van der Waals surface area contributed by atoms with Crippen molar-refractivity contribution in [2.75, 3.05) is 6.26 Å². The summed E-state index contributed by atoms with van der Waals surface area (Å²) >= 11 is 0. The van der Waals surface area contributed by atoms with Crippen LogP contribution in [0.2, 0.25) is 0 Å². The average molecular weight is 306 g/mol. The molecule has 0 aliphatic rings. The maximum atomic E-state index is 11.1. The number of rotatable bonds is 4. The Labute approximate surface area is 119 Å². The molecule has 2 heterocycles. The Kier molecular flexibility index (Phi) is 3.18. The molecule has 21 heavy (non-hydrogen) atoms. The maximum Gasteiger partial charge on any atom is 0.325 e. The fraction of sp³-hybridized carbons (Fsp3) is 0.0833. The van der Waals surface area contributed by atoms with Gasteiger partial charge in [0.15, 0.2) is 11.4 Å². The fourth-order valence-corrected chi connectivity index (χ4v) is 1.87. The van der Waals surface area contributed by atoms with Gasteiger partial charge in [0.1, 0.15) is 5.52 Å². The molecular weight excluding hydrogens is 296 g/mol. The number of hydrogen-bond acceptors (Lipinski definition) is 7. The Morgan fingerprint density at radius 3 is 2.86 bits per heavy atom. The number of oxime groups is 1. The molecule has 3 aromatic rings. The van der Waals surface area contributed by atoms with Gasteiger partial charge in [0, 0.05) is 12.4 Å². The maximum absolute atomic E-state index is 11.1. The van der Waals surface area contributed by atoms with E-state index in [1.165, 1.54) is 6.20 Å². The number of benzene rings is 1. The van der Waals surface area contributed by atoms with Gasteiger partial charge in [0.2, 0.25) is 5.71 Å². The zero-order chi connectivity index (χ0) is 14.9. The number of nitrogens with one attached hydrogen (secondary N) is 1. The fourth-order valence-electron chi connectivity index (χ4n) is 1.66. The highest BCUT2D eigenvalue weighted by molar-refractivity contribution is 7.85. The molecule has 0 fully saturated rings. The molecule has 0 radical (unpaired) electrons. The lowest BCUT2D eigenvalue weighted by Crippen LogP contribution is -2.09. The Morgan fingerprint density at radius 2 is 2.19 bits per heavy atom. The van der Waals surface area contributed by atoms with E-state index in [0.29, 0.717) is 11.1 Å². The molecule has 0 unspecified atom stereocenters. The first kappa shape index (κ1) is 13.3. The molecule has 0 spiro atoms. The summed E-state index contributed by atoms with van der Waals surface area (Å²) in [5, 5.41) is 3.58. The summed E-state index contributed by atoms with van der Waals surface area (Å²) in [5.41, 5.74) is 1.22. The first-order chi connectivity index (χ1) is 10.0. The van der Waals surface area contributed by atoms with Crippen molar-refractivity contribution in [3.63, 3.8) is 0 Å². The van der Waals surface area contributed by atoms with E-state index in [9.17, 15) is 8.42 Å². The van der Waals surface area contributed by atoms with Crippen LogP contribution >= 0.6 is 0 Å². The van der Waals surface area contributed by atoms with E-state index < -0.39 is 10.1 Å². The molecular formula is C12H10N4O4S. The number of hydrogen-bond donors (Lipinski definition) is 1. The Morgan fingerprint density at radius 1 is 1.38 bits per heavy atom. The zero-order valence-corrected chi connectivity index (χ0v) is 11.7. The van der Waals surface area contributed by atoms with Crippen LogP contribution in [0.25, 0.3) is 11.1 Å². The van der Waals surface area contributed by atoms with Gasteiger partial charge in [-0.3, -0.25) is 4.28 Å². The van der Waals surface area contributed by atoms with Gasteiger partial charge >= 0.3 is 10.1 Å². The second-order valence-corrected chi connectivity index (χ2v) is 5.70. The summed E-state index contributed by atoms with van der Waals surface area (Å²) in [6.45, 7) is 0. The van der Waals surface area contributed by atoms with Crippen LogP contribution < -0.4 is 0 Å². The van der Waals surface area contributed by atoms with Crippen molar-refractivity contribution >= 4 is 26.9 Å². The molecule has 108 valence electrons. The molecule has 2 aromatic heterocycles. The van der Waals surface area contributed by atoms with E-state index in [1.54, 1.807) is 24.4 Å². The summed E-state index contributed by atoms with van der Waals surface area (Å²) in [4.78, 5) is 11.0. The SMILES string of the molecule is CS(=O)(=O)O/N=C(\c1ncc[nH]1)c1nc2ccccc2o1. The van der Waals surface area contributed by atoms with Crippen LogP contribution in [0.4, 0.5) is 0 Å². The summed E-state index contributed by atoms with van der Waals surface area (Å²) in [7, 11) is -3.75. The second kappa shape index (κ2) is 5.02. The van der Waals surface area contributed by atoms with Gasteiger partial charge in [-0.15, -0.1) is 0 Å². The normalized spacial score (nSPS) is 12.7. The minimum Gasteiger partial charge on any atom is -0.435 e. The van der Waals surface area contributed by atoms with Gasteiger partial charge in [0.05, 0.1) is 6.26 Å². The standard InChI is InChI=1S/C12H10N4O4S/c1-21(17,18)20-16-10(11-13-6-7-14-11)12-15-8-4-2-3-5-9(8)19-12/h2-7H,1H3,(H,13,14)/b16-10+. The molecule has 9 heteroatoms. The summed E-state index contributed by atoms with van der Waals surface area (Å²) < 4.78 is 32.2. The highest BCUT2D eigenvalue weighted by Gasteiger charge is 2.19. The van der Waals surface area contributed by atoms with Crippen molar-refractivity contribution in [2.24, 2.45) is 5.16 Å². The van der Waals surface area contributed by atoms with Crippen molar-refractivity contribution in [1.82, 2.24) is 15.0 Å². The molecule has 0 saturated carbocycles. The van der Waals surface area contributed by atoms with Crippen LogP contribution in [0.15, 0.2) is 46.2 Å². The van der Waals surface area contributed by atoms with Crippen molar-refractivity contribution in [1.29, 1.82) is 0 Å². The smallest absolute Gasteiger partial charge is 0.325 e. The number of para-hydroxylation sites is 2. The molecule has 1 N–H and O–H groups in total. The molecule has 0 atom stereocenters. The van der Waals surface area contributed by atoms with E-state index in [0.717, 1.165) is 6.26 Å². The molecule has 1 aromatic carbocycles. The van der Waals surface area contributed by atoms with Crippen LogP contribution in [-0.4, -0.2) is 35.3 Å². The third-order valence-electron chi connectivity index (χ3n) is 2.48. The molecule has 8 nitrogen and oxygen atoms in total. The van der Waals surface area contributed by atoms with Crippen molar-refractivity contribution < 1.29 is 17.1 Å². The van der Waals surface area contributed by atoms with Gasteiger partial charge in [-0.05, 0) is 12.1 Å². The van der Waals surface area contributed by atoms with Crippen LogP contribution in [0.1, 0.15) is 11.7 Å². The molecule has 3 rings (SSSR count). The van der Waals surface area contributed by atoms with Crippen molar-refractivity contribution in [2.45, 2.75) is 0 Å². The van der Waals surface area contributed by atoms with E-state index >= 15 is 0 Å². The van der Waals surface area contributed by atoms with E-state index in [-0.39, 0.29) is 17.4 Å². The lowest BCUT2D eigenvalue weighted by molar-refractivity contribution is 0.342. The summed E-state index contributed by atoms with van der Waals surface area (Å²) in [6, 6.07) is 7.11. The number of aromatic amines is 1. The molecule has 0 amide bonds. The number of H-pyrrole nitrogens is 1. The van der Waals surface area contributed by atoms with Gasteiger partial charge in [-0.1, -0.05) is 17.3 Å². The van der Waals surface area contributed by atoms with E-state index in [2.05, 4.69) is 24.4 Å². The summed E-state index contributed by atoms with van der Waals surface area (Å²) in [6.07, 6.45) is 3.95. The quantitative estimate of drug-likeness (QED) is 0.574. The molecule has 0 aliphatic carbocycles. The highest BCUT2D eigenvalue weighted by atomic mass is 32.2. The Hall–Kier alpha value is -2.68. The lowest BCUT2D eigenvalue weighted by Gasteiger charge is -1.98. The molecule has 0 bridgehead atoms. The molecule has 0 aliphatic heterocycles. The van der Waals surface area contributed by atoms with Crippen LogP contribution in [-0.2, 0) is 14.4 Å². The third kappa shape index (κ3) is 2.92. The van der Waals surface area contributed by atoms with Gasteiger partial charge < -0.3 is 9.40 Å². The number of oxazole rings is 1. The first-order valence-corrected chi connectivity index (χ1v) is 7.67. The second-order valence-electron chi connectivity index (χ2n) is 4.14. The van der Waals surface area contributed by atoms with Crippen LogP contribution in [0.5, 0.6) is 0 Å². The number of aromatic nitrogens is 3. The van der Waals surface area contributed by atoms with Crippen LogP contribution in [0.3, 0.4) is 0 Å². The van der Waals surface area contributed by atoms with Gasteiger partial charge in [0.25, 0.3) is 5.89 Å². The third-order valence-corrected chi connectivity index (χ3v) is 2.83. The van der Waals surface area contributed by atoms with Crippen molar-refractivity contribution in [3.8, 4) is 0 Å². The topological polar surface area (TPSA) is 110 Å². The summed E-state index contributed by atoms with van der Waals surface area (Å²) in [5.74, 6) is 0.389. The predicted octanol–water partition coefficient (Wildman–Crippen LogP) is 1.28. The lowest BCUT2D eigenvalue weighted by atomic mass is 10.3. The zero-order valence-electron chi connectivity index (χ0n) is 10.8. The largest absolute Gasteiger partial charge is 0.435 e. The number of imidazole rings is 1. The Balaban J connectivity index is 2.10. The predicted molar refractivity (Wildman–Crippen MR) is 74.2 cm³/mol. The van der Waals surface area contributed by atoms with Gasteiger partial charge in [-0.25, -0.2) is 9.97 Å². The molecule has 0 saturated heterocycles. The highest BCUT2D eigenvalue weighted by Crippen LogP contribution is 2.17. The van der Waals surface area contributed by atoms with Crippen molar-refractivity contribution in [3.05, 3.63) is 48.4 Å². The minimum atomic E-state index is -3.75. The van der Waals surface area contributed by atoms with E-state index in [1.807, 2.05) is 6.07 Å². The Bertz CT molecular complexity index is 863. The first-order valence-electron chi connectivity index (χ1n) is 5.85. The van der Waals surface area contributed by atoms with Crippen LogP contribution in [0, 0.1) is 0 Å². The monoisotopic (exact) mass is 306 g/mol. The number of fused-ring (bicyclic) bond motifs is 1. The van der Waals surface area contributed by atoms with E-state index in [4.69, 9.17) is 4.42 Å². The average Bonchev–Trinajstić information content (AvgIpc) is 3.06.